The predicted octanol–water partition coefficient (Wildman–Crippen LogP) is 3.27. The van der Waals surface area contributed by atoms with Gasteiger partial charge in [-0.2, -0.15) is 0 Å². The van der Waals surface area contributed by atoms with Gasteiger partial charge in [-0.05, 0) is 36.5 Å². The molecule has 0 bridgehead atoms. The second-order valence-corrected chi connectivity index (χ2v) is 4.49. The summed E-state index contributed by atoms with van der Waals surface area (Å²) in [7, 11) is 0. The van der Waals surface area contributed by atoms with Gasteiger partial charge in [0.1, 0.15) is 11.6 Å². The average molecular weight is 227 g/mol. The topological polar surface area (TPSA) is 26.0 Å². The second kappa shape index (κ2) is 5.94. The largest absolute Gasteiger partial charge is 0.327 e. The lowest BCUT2D eigenvalue weighted by atomic mass is 9.95. The Balaban J connectivity index is 2.58. The van der Waals surface area contributed by atoms with Gasteiger partial charge in [0, 0.05) is 12.1 Å². The van der Waals surface area contributed by atoms with Gasteiger partial charge in [0.05, 0.1) is 0 Å². The summed E-state index contributed by atoms with van der Waals surface area (Å²) >= 11 is 0. The molecule has 1 nitrogen and oxygen atoms in total. The smallest absolute Gasteiger partial charge is 0.126 e. The molecule has 1 rings (SSSR count). The van der Waals surface area contributed by atoms with Crippen LogP contribution in [0.1, 0.15) is 32.3 Å². The lowest BCUT2D eigenvalue weighted by Crippen LogP contribution is -2.25. The Labute approximate surface area is 95.7 Å². The number of hydrogen-bond donors (Lipinski definition) is 1. The molecular formula is C13H19F2N. The van der Waals surface area contributed by atoms with Crippen molar-refractivity contribution in [3.8, 4) is 0 Å². The standard InChI is InChI=1S/C13H19F2N/c1-3-9(2)4-13(16)7-10-5-11(14)8-12(15)6-10/h5-6,8-9,13H,3-4,7,16H2,1-2H3. The van der Waals surface area contributed by atoms with E-state index in [0.717, 1.165) is 18.9 Å². The quantitative estimate of drug-likeness (QED) is 0.820. The normalized spacial score (nSPS) is 14.8. The van der Waals surface area contributed by atoms with Crippen molar-refractivity contribution in [1.82, 2.24) is 0 Å². The van der Waals surface area contributed by atoms with Gasteiger partial charge < -0.3 is 5.73 Å². The maximum Gasteiger partial charge on any atom is 0.126 e. The highest BCUT2D eigenvalue weighted by molar-refractivity contribution is 5.18. The number of nitrogens with two attached hydrogens (primary N) is 1. The summed E-state index contributed by atoms with van der Waals surface area (Å²) in [6.45, 7) is 4.24. The Bertz CT molecular complexity index is 318. The minimum absolute atomic E-state index is 0.0313. The predicted molar refractivity (Wildman–Crippen MR) is 62.1 cm³/mol. The van der Waals surface area contributed by atoms with E-state index in [4.69, 9.17) is 5.73 Å². The summed E-state index contributed by atoms with van der Waals surface area (Å²) in [5.74, 6) is -0.523. The Hall–Kier alpha value is -0.960. The minimum Gasteiger partial charge on any atom is -0.327 e. The van der Waals surface area contributed by atoms with Crippen LogP contribution in [-0.4, -0.2) is 6.04 Å². The molecule has 0 saturated heterocycles. The van der Waals surface area contributed by atoms with Crippen LogP contribution in [0.3, 0.4) is 0 Å². The Kier molecular flexibility index (Phi) is 4.87. The van der Waals surface area contributed by atoms with Crippen LogP contribution in [0.4, 0.5) is 8.78 Å². The SMILES string of the molecule is CCC(C)CC(N)Cc1cc(F)cc(F)c1. The van der Waals surface area contributed by atoms with Crippen LogP contribution in [0.15, 0.2) is 18.2 Å². The molecule has 0 amide bonds. The van der Waals surface area contributed by atoms with Gasteiger partial charge in [-0.25, -0.2) is 8.78 Å². The third kappa shape index (κ3) is 4.27. The molecule has 0 saturated carbocycles. The van der Waals surface area contributed by atoms with Gasteiger partial charge in [-0.3, -0.25) is 0 Å². The first-order valence-corrected chi connectivity index (χ1v) is 5.71. The molecule has 0 heterocycles. The van der Waals surface area contributed by atoms with Crippen molar-refractivity contribution in [3.63, 3.8) is 0 Å². The number of benzene rings is 1. The van der Waals surface area contributed by atoms with Crippen molar-refractivity contribution in [1.29, 1.82) is 0 Å². The molecule has 1 aromatic carbocycles. The van der Waals surface area contributed by atoms with Gasteiger partial charge in [-0.15, -0.1) is 0 Å². The Morgan fingerprint density at radius 2 is 1.75 bits per heavy atom. The van der Waals surface area contributed by atoms with Crippen LogP contribution in [0, 0.1) is 17.6 Å². The van der Waals surface area contributed by atoms with E-state index in [-0.39, 0.29) is 6.04 Å². The molecular weight excluding hydrogens is 208 g/mol. The van der Waals surface area contributed by atoms with Gasteiger partial charge >= 0.3 is 0 Å². The van der Waals surface area contributed by atoms with Crippen LogP contribution >= 0.6 is 0 Å². The molecule has 16 heavy (non-hydrogen) atoms. The van der Waals surface area contributed by atoms with Crippen molar-refractivity contribution in [2.24, 2.45) is 11.7 Å². The first-order valence-electron chi connectivity index (χ1n) is 5.71. The molecule has 2 atom stereocenters. The van der Waals surface area contributed by atoms with Crippen molar-refractivity contribution in [2.75, 3.05) is 0 Å². The summed E-state index contributed by atoms with van der Waals surface area (Å²) in [5, 5.41) is 0. The summed E-state index contributed by atoms with van der Waals surface area (Å²) in [6.07, 6.45) is 2.48. The number of hydrogen-bond acceptors (Lipinski definition) is 1. The van der Waals surface area contributed by atoms with E-state index in [9.17, 15) is 8.78 Å². The zero-order valence-electron chi connectivity index (χ0n) is 9.84. The lowest BCUT2D eigenvalue weighted by molar-refractivity contribution is 0.449. The van der Waals surface area contributed by atoms with Crippen LogP contribution < -0.4 is 5.73 Å². The van der Waals surface area contributed by atoms with E-state index < -0.39 is 11.6 Å². The average Bonchev–Trinajstić information content (AvgIpc) is 2.15. The third-order valence-corrected chi connectivity index (χ3v) is 2.82. The van der Waals surface area contributed by atoms with Gasteiger partial charge in [0.25, 0.3) is 0 Å². The molecule has 0 spiro atoms. The molecule has 0 aliphatic heterocycles. The molecule has 0 fully saturated rings. The molecule has 0 aromatic heterocycles. The summed E-state index contributed by atoms with van der Waals surface area (Å²) < 4.78 is 25.9. The van der Waals surface area contributed by atoms with E-state index >= 15 is 0 Å². The van der Waals surface area contributed by atoms with E-state index in [1.54, 1.807) is 0 Å². The van der Waals surface area contributed by atoms with E-state index in [1.165, 1.54) is 12.1 Å². The highest BCUT2D eigenvalue weighted by atomic mass is 19.1. The third-order valence-electron chi connectivity index (χ3n) is 2.82. The molecule has 0 aliphatic carbocycles. The maximum atomic E-state index is 12.9. The van der Waals surface area contributed by atoms with E-state index in [0.29, 0.717) is 17.9 Å². The van der Waals surface area contributed by atoms with Gasteiger partial charge in [0.2, 0.25) is 0 Å². The molecule has 2 unspecified atom stereocenters. The Morgan fingerprint density at radius 3 is 2.25 bits per heavy atom. The fraction of sp³-hybridized carbons (Fsp3) is 0.538. The molecule has 3 heteroatoms. The van der Waals surface area contributed by atoms with Gasteiger partial charge in [-0.1, -0.05) is 20.3 Å². The van der Waals surface area contributed by atoms with Crippen molar-refractivity contribution in [3.05, 3.63) is 35.4 Å². The summed E-state index contributed by atoms with van der Waals surface area (Å²) in [5.41, 5.74) is 6.57. The first-order chi connectivity index (χ1) is 7.51. The summed E-state index contributed by atoms with van der Waals surface area (Å²) in [6, 6.07) is 3.54. The number of rotatable bonds is 5. The molecule has 0 aliphatic rings. The lowest BCUT2D eigenvalue weighted by Gasteiger charge is -2.15. The van der Waals surface area contributed by atoms with E-state index in [2.05, 4.69) is 13.8 Å². The fourth-order valence-corrected chi connectivity index (χ4v) is 1.80. The highest BCUT2D eigenvalue weighted by Crippen LogP contribution is 2.14. The van der Waals surface area contributed by atoms with Crippen molar-refractivity contribution in [2.45, 2.75) is 39.2 Å². The minimum atomic E-state index is -0.536. The molecule has 90 valence electrons. The molecule has 0 radical (unpaired) electrons. The second-order valence-electron chi connectivity index (χ2n) is 4.49. The highest BCUT2D eigenvalue weighted by Gasteiger charge is 2.10. The van der Waals surface area contributed by atoms with Crippen molar-refractivity contribution >= 4 is 0 Å². The molecule has 1 aromatic rings. The van der Waals surface area contributed by atoms with Crippen LogP contribution in [0.5, 0.6) is 0 Å². The summed E-state index contributed by atoms with van der Waals surface area (Å²) in [4.78, 5) is 0. The zero-order valence-corrected chi connectivity index (χ0v) is 9.84. The number of halogens is 2. The van der Waals surface area contributed by atoms with Crippen molar-refractivity contribution < 1.29 is 8.78 Å². The zero-order chi connectivity index (χ0) is 12.1. The van der Waals surface area contributed by atoms with E-state index in [1.807, 2.05) is 0 Å². The first kappa shape index (κ1) is 13.1. The van der Waals surface area contributed by atoms with Crippen LogP contribution in [0.25, 0.3) is 0 Å². The maximum absolute atomic E-state index is 12.9. The van der Waals surface area contributed by atoms with Gasteiger partial charge in [0.15, 0.2) is 0 Å². The van der Waals surface area contributed by atoms with Crippen LogP contribution in [-0.2, 0) is 6.42 Å². The fourth-order valence-electron chi connectivity index (χ4n) is 1.80. The van der Waals surface area contributed by atoms with Crippen LogP contribution in [0.2, 0.25) is 0 Å². The Morgan fingerprint density at radius 1 is 1.19 bits per heavy atom. The monoisotopic (exact) mass is 227 g/mol. The molecule has 2 N–H and O–H groups in total.